The third-order valence-corrected chi connectivity index (χ3v) is 4.57. The van der Waals surface area contributed by atoms with Crippen LogP contribution in [0.25, 0.3) is 0 Å². The molecule has 1 saturated heterocycles. The number of hydrogen-bond acceptors (Lipinski definition) is 3. The average Bonchev–Trinajstić information content (AvgIpc) is 2.63. The van der Waals surface area contributed by atoms with Crippen LogP contribution >= 0.6 is 0 Å². The average molecular weight is 341 g/mol. The Bertz CT molecular complexity index is 726. The van der Waals surface area contributed by atoms with Crippen LogP contribution in [0.2, 0.25) is 0 Å². The second-order valence-electron chi connectivity index (χ2n) is 6.96. The number of fused-ring (bicyclic) bond motifs is 1. The van der Waals surface area contributed by atoms with Crippen molar-refractivity contribution in [2.75, 3.05) is 11.6 Å². The minimum atomic E-state index is -0.336. The summed E-state index contributed by atoms with van der Waals surface area (Å²) in [5.41, 5.74) is 3.64. The number of carbonyl (C=O) groups is 3. The highest BCUT2D eigenvalue weighted by molar-refractivity contribution is 6.05. The quantitative estimate of drug-likeness (QED) is 0.823. The molecule has 2 atom stereocenters. The third-order valence-electron chi connectivity index (χ3n) is 4.57. The maximum Gasteiger partial charge on any atom is 0.251 e. The van der Waals surface area contributed by atoms with Crippen molar-refractivity contribution in [2.45, 2.75) is 26.7 Å². The normalized spacial score (nSPS) is 22.6. The first-order valence-corrected chi connectivity index (χ1v) is 8.65. The van der Waals surface area contributed by atoms with Crippen LogP contribution in [0.3, 0.4) is 0 Å². The molecule has 3 rings (SSSR count). The number of rotatable bonds is 4. The summed E-state index contributed by atoms with van der Waals surface area (Å²) in [6.07, 6.45) is 5.06. The highest BCUT2D eigenvalue weighted by Crippen LogP contribution is 2.32. The van der Waals surface area contributed by atoms with Gasteiger partial charge in [-0.2, -0.15) is 0 Å². The molecule has 0 saturated carbocycles. The van der Waals surface area contributed by atoms with Crippen LogP contribution in [-0.4, -0.2) is 24.3 Å². The van der Waals surface area contributed by atoms with Crippen molar-refractivity contribution >= 4 is 23.4 Å². The number of nitrogens with one attached hydrogen (secondary N) is 2. The maximum absolute atomic E-state index is 12.8. The Morgan fingerprint density at radius 3 is 2.68 bits per heavy atom. The van der Waals surface area contributed by atoms with Crippen molar-refractivity contribution in [2.24, 2.45) is 17.8 Å². The van der Waals surface area contributed by atoms with Gasteiger partial charge in [-0.15, -0.1) is 0 Å². The Kier molecular flexibility index (Phi) is 4.88. The molecule has 2 N–H and O–H groups in total. The van der Waals surface area contributed by atoms with E-state index in [1.54, 1.807) is 24.3 Å². The van der Waals surface area contributed by atoms with E-state index in [4.69, 9.17) is 0 Å². The smallest absolute Gasteiger partial charge is 0.251 e. The summed E-state index contributed by atoms with van der Waals surface area (Å²) in [6, 6.07) is 6.76. The molecular formula is C19H23N3O3. The molecule has 1 aliphatic carbocycles. The number of hydrogen-bond donors (Lipinski definition) is 2. The highest BCUT2D eigenvalue weighted by Gasteiger charge is 2.42. The topological polar surface area (TPSA) is 78.5 Å². The van der Waals surface area contributed by atoms with Crippen molar-refractivity contribution in [1.29, 1.82) is 0 Å². The number of amides is 3. The fourth-order valence-electron chi connectivity index (χ4n) is 3.17. The van der Waals surface area contributed by atoms with Crippen LogP contribution < -0.4 is 15.8 Å². The standard InChI is InChI=1S/C19H23N3O3/c1-12(2)11-20-17(23)13-6-5-7-14(10-13)22-19(25)16-9-4-3-8-15(16)18(24)21-22/h3-7,10,12,15-16H,8-9,11H2,1-2H3,(H,20,23)(H,21,24)/t15-,16+/m1/s1. The van der Waals surface area contributed by atoms with Crippen LogP contribution in [0.15, 0.2) is 36.4 Å². The maximum atomic E-state index is 12.8. The van der Waals surface area contributed by atoms with Gasteiger partial charge in [0, 0.05) is 12.1 Å². The predicted molar refractivity (Wildman–Crippen MR) is 94.6 cm³/mol. The summed E-state index contributed by atoms with van der Waals surface area (Å²) < 4.78 is 0. The zero-order chi connectivity index (χ0) is 18.0. The van der Waals surface area contributed by atoms with Gasteiger partial charge in [0.2, 0.25) is 11.8 Å². The number of anilines is 1. The van der Waals surface area contributed by atoms with Gasteiger partial charge in [-0.25, -0.2) is 5.01 Å². The second-order valence-corrected chi connectivity index (χ2v) is 6.96. The van der Waals surface area contributed by atoms with Gasteiger partial charge in [0.05, 0.1) is 17.5 Å². The van der Waals surface area contributed by atoms with Crippen LogP contribution in [0, 0.1) is 17.8 Å². The van der Waals surface area contributed by atoms with Crippen LogP contribution in [0.5, 0.6) is 0 Å². The Hall–Kier alpha value is -2.63. The second kappa shape index (κ2) is 7.09. The fourth-order valence-corrected chi connectivity index (χ4v) is 3.17. The molecule has 1 aromatic carbocycles. The van der Waals surface area contributed by atoms with Crippen molar-refractivity contribution in [3.63, 3.8) is 0 Å². The van der Waals surface area contributed by atoms with Crippen LogP contribution in [0.4, 0.5) is 5.69 Å². The first-order chi connectivity index (χ1) is 12.0. The van der Waals surface area contributed by atoms with E-state index in [-0.39, 0.29) is 29.6 Å². The Morgan fingerprint density at radius 1 is 1.24 bits per heavy atom. The summed E-state index contributed by atoms with van der Waals surface area (Å²) in [5, 5.41) is 4.13. The summed E-state index contributed by atoms with van der Waals surface area (Å²) in [4.78, 5) is 37.4. The van der Waals surface area contributed by atoms with E-state index >= 15 is 0 Å². The molecule has 1 heterocycles. The zero-order valence-electron chi connectivity index (χ0n) is 14.5. The SMILES string of the molecule is CC(C)CNC(=O)c1cccc(N2NC(=O)[C@@H]3CC=CC[C@@H]3C2=O)c1. The Balaban J connectivity index is 1.81. The lowest BCUT2D eigenvalue weighted by molar-refractivity contribution is -0.139. The Morgan fingerprint density at radius 2 is 1.96 bits per heavy atom. The zero-order valence-corrected chi connectivity index (χ0v) is 14.5. The molecule has 1 aliphatic heterocycles. The molecule has 1 aromatic rings. The first-order valence-electron chi connectivity index (χ1n) is 8.65. The summed E-state index contributed by atoms with van der Waals surface area (Å²) in [7, 11) is 0. The highest BCUT2D eigenvalue weighted by atomic mass is 16.2. The van der Waals surface area contributed by atoms with Gasteiger partial charge in [0.15, 0.2) is 0 Å². The molecule has 25 heavy (non-hydrogen) atoms. The van der Waals surface area contributed by atoms with E-state index in [0.717, 1.165) is 0 Å². The van der Waals surface area contributed by atoms with Gasteiger partial charge in [-0.1, -0.05) is 32.1 Å². The van der Waals surface area contributed by atoms with E-state index in [9.17, 15) is 14.4 Å². The van der Waals surface area contributed by atoms with E-state index < -0.39 is 0 Å². The molecule has 3 amide bonds. The minimum Gasteiger partial charge on any atom is -0.352 e. The molecule has 0 aromatic heterocycles. The monoisotopic (exact) mass is 341 g/mol. The molecule has 2 aliphatic rings. The summed E-state index contributed by atoms with van der Waals surface area (Å²) >= 11 is 0. The van der Waals surface area contributed by atoms with Gasteiger partial charge in [0.1, 0.15) is 0 Å². The predicted octanol–water partition coefficient (Wildman–Crippen LogP) is 2.03. The molecular weight excluding hydrogens is 318 g/mol. The molecule has 6 nitrogen and oxygen atoms in total. The molecule has 0 spiro atoms. The lowest BCUT2D eigenvalue weighted by Gasteiger charge is -2.38. The van der Waals surface area contributed by atoms with Crippen molar-refractivity contribution < 1.29 is 14.4 Å². The van der Waals surface area contributed by atoms with Crippen molar-refractivity contribution in [3.05, 3.63) is 42.0 Å². The van der Waals surface area contributed by atoms with Gasteiger partial charge in [-0.05, 0) is 37.0 Å². The number of benzene rings is 1. The fraction of sp³-hybridized carbons (Fsp3) is 0.421. The number of carbonyl (C=O) groups excluding carboxylic acids is 3. The number of hydrazine groups is 1. The summed E-state index contributed by atoms with van der Waals surface area (Å²) in [5.74, 6) is -0.753. The van der Waals surface area contributed by atoms with E-state index in [1.165, 1.54) is 5.01 Å². The Labute approximate surface area is 147 Å². The first kappa shape index (κ1) is 17.2. The number of nitrogens with zero attached hydrogens (tertiary/aromatic N) is 1. The lowest BCUT2D eigenvalue weighted by Crippen LogP contribution is -2.59. The summed E-state index contributed by atoms with van der Waals surface area (Å²) in [6.45, 7) is 4.62. The molecule has 0 radical (unpaired) electrons. The lowest BCUT2D eigenvalue weighted by atomic mass is 9.80. The minimum absolute atomic E-state index is 0.131. The molecule has 0 unspecified atom stereocenters. The van der Waals surface area contributed by atoms with Crippen LogP contribution in [-0.2, 0) is 9.59 Å². The van der Waals surface area contributed by atoms with Gasteiger partial charge in [0.25, 0.3) is 5.91 Å². The van der Waals surface area contributed by atoms with Crippen LogP contribution in [0.1, 0.15) is 37.0 Å². The van der Waals surface area contributed by atoms with E-state index in [1.807, 2.05) is 26.0 Å². The van der Waals surface area contributed by atoms with Crippen molar-refractivity contribution in [1.82, 2.24) is 10.7 Å². The molecule has 0 bridgehead atoms. The molecule has 132 valence electrons. The number of allylic oxidation sites excluding steroid dienone is 2. The van der Waals surface area contributed by atoms with Gasteiger partial charge >= 0.3 is 0 Å². The van der Waals surface area contributed by atoms with Crippen molar-refractivity contribution in [3.8, 4) is 0 Å². The largest absolute Gasteiger partial charge is 0.352 e. The van der Waals surface area contributed by atoms with Gasteiger partial charge in [-0.3, -0.25) is 19.8 Å². The van der Waals surface area contributed by atoms with Gasteiger partial charge < -0.3 is 5.32 Å². The van der Waals surface area contributed by atoms with E-state index in [2.05, 4.69) is 10.7 Å². The molecule has 6 heteroatoms. The molecule has 1 fully saturated rings. The van der Waals surface area contributed by atoms with E-state index in [0.29, 0.717) is 36.6 Å². The third kappa shape index (κ3) is 3.57.